The number of pyridine rings is 1. The molecule has 2 aromatic heterocycles. The van der Waals surface area contributed by atoms with E-state index in [9.17, 15) is 14.4 Å². The van der Waals surface area contributed by atoms with E-state index in [-0.39, 0.29) is 35.5 Å². The SMILES string of the molecule is CC(=O)N1Cc2c(C(N)=O)nn(-c3ccc4c(c3)OCO4)c2-c2cc(NC(=O)c3ccncc3Cl)ccc21. The van der Waals surface area contributed by atoms with Crippen LogP contribution in [0.5, 0.6) is 11.5 Å². The summed E-state index contributed by atoms with van der Waals surface area (Å²) in [6.07, 6.45) is 2.86. The predicted octanol–water partition coefficient (Wildman–Crippen LogP) is 3.53. The number of fused-ring (bicyclic) bond motifs is 4. The Morgan fingerprint density at radius 3 is 2.66 bits per heavy atom. The predicted molar refractivity (Wildman–Crippen MR) is 138 cm³/mol. The van der Waals surface area contributed by atoms with E-state index in [1.807, 2.05) is 0 Å². The number of halogens is 1. The normalized spacial score (nSPS) is 13.1. The van der Waals surface area contributed by atoms with Crippen LogP contribution in [0.4, 0.5) is 11.4 Å². The standard InChI is InChI=1S/C26H19ClN6O5/c1-13(34)32-11-18-23(25(28)35)31-33(15-3-5-21-22(9-15)38-12-37-21)24(18)17-8-14(2-4-20(17)32)30-26(36)16-6-7-29-10-19(16)27/h2-10H,11-12H2,1H3,(H2,28,35)(H,30,36). The highest BCUT2D eigenvalue weighted by atomic mass is 35.5. The van der Waals surface area contributed by atoms with Crippen molar-refractivity contribution in [1.29, 1.82) is 0 Å². The highest BCUT2D eigenvalue weighted by Gasteiger charge is 2.34. The number of ether oxygens (including phenoxy) is 2. The molecule has 2 aliphatic heterocycles. The summed E-state index contributed by atoms with van der Waals surface area (Å²) in [5.74, 6) is -0.274. The molecule has 0 radical (unpaired) electrons. The molecule has 0 saturated carbocycles. The first-order valence-electron chi connectivity index (χ1n) is 11.5. The second-order valence-corrected chi connectivity index (χ2v) is 9.04. The number of hydrogen-bond donors (Lipinski definition) is 2. The van der Waals surface area contributed by atoms with Crippen LogP contribution in [0, 0.1) is 0 Å². The number of nitrogens with one attached hydrogen (secondary N) is 1. The number of carbonyl (C=O) groups excluding carboxylic acids is 3. The smallest absolute Gasteiger partial charge is 0.269 e. The van der Waals surface area contributed by atoms with Gasteiger partial charge in [0.2, 0.25) is 12.7 Å². The fourth-order valence-corrected chi connectivity index (χ4v) is 4.80. The van der Waals surface area contributed by atoms with Gasteiger partial charge in [-0.15, -0.1) is 0 Å². The Kier molecular flexibility index (Phi) is 5.50. The second kappa shape index (κ2) is 8.89. The van der Waals surface area contributed by atoms with E-state index < -0.39 is 11.8 Å². The summed E-state index contributed by atoms with van der Waals surface area (Å²) in [5.41, 5.74) is 9.22. The Labute approximate surface area is 220 Å². The molecule has 12 heteroatoms. The van der Waals surface area contributed by atoms with Crippen LogP contribution in [-0.4, -0.2) is 39.3 Å². The van der Waals surface area contributed by atoms with Gasteiger partial charge in [-0.2, -0.15) is 5.10 Å². The summed E-state index contributed by atoms with van der Waals surface area (Å²) in [4.78, 5) is 43.4. The molecule has 0 fully saturated rings. The van der Waals surface area contributed by atoms with Gasteiger partial charge in [0.1, 0.15) is 0 Å². The summed E-state index contributed by atoms with van der Waals surface area (Å²) in [6.45, 7) is 1.63. The van der Waals surface area contributed by atoms with Gasteiger partial charge in [0.15, 0.2) is 17.2 Å². The maximum absolute atomic E-state index is 12.9. The minimum atomic E-state index is -0.732. The fraction of sp³-hybridized carbons (Fsp3) is 0.115. The molecule has 0 spiro atoms. The van der Waals surface area contributed by atoms with Crippen LogP contribution in [0.25, 0.3) is 16.9 Å². The summed E-state index contributed by atoms with van der Waals surface area (Å²) in [6, 6.07) is 11.9. The number of amides is 3. The van der Waals surface area contributed by atoms with Gasteiger partial charge in [-0.3, -0.25) is 19.4 Å². The molecular weight excluding hydrogens is 512 g/mol. The van der Waals surface area contributed by atoms with Crippen LogP contribution in [0.3, 0.4) is 0 Å². The number of nitrogens with two attached hydrogens (primary N) is 1. The van der Waals surface area contributed by atoms with Gasteiger partial charge in [-0.1, -0.05) is 11.6 Å². The Hall–Kier alpha value is -4.90. The van der Waals surface area contributed by atoms with E-state index in [2.05, 4.69) is 15.4 Å². The molecule has 3 N–H and O–H groups in total. The van der Waals surface area contributed by atoms with Gasteiger partial charge in [0.05, 0.1) is 34.2 Å². The van der Waals surface area contributed by atoms with Crippen molar-refractivity contribution in [2.24, 2.45) is 5.73 Å². The molecule has 3 amide bonds. The molecule has 0 atom stereocenters. The quantitative estimate of drug-likeness (QED) is 0.411. The van der Waals surface area contributed by atoms with E-state index >= 15 is 0 Å². The fourth-order valence-electron chi connectivity index (χ4n) is 4.60. The maximum atomic E-state index is 12.9. The highest BCUT2D eigenvalue weighted by molar-refractivity contribution is 6.34. The molecule has 11 nitrogen and oxygen atoms in total. The average molecular weight is 531 g/mol. The molecule has 2 aliphatic rings. The lowest BCUT2D eigenvalue weighted by Gasteiger charge is -2.30. The maximum Gasteiger partial charge on any atom is 0.269 e. The molecule has 190 valence electrons. The molecule has 4 heterocycles. The Morgan fingerprint density at radius 1 is 1.08 bits per heavy atom. The number of hydrogen-bond acceptors (Lipinski definition) is 7. The Balaban J connectivity index is 1.51. The van der Waals surface area contributed by atoms with E-state index in [1.54, 1.807) is 41.1 Å². The van der Waals surface area contributed by atoms with Gasteiger partial charge in [0, 0.05) is 42.2 Å². The number of primary amides is 1. The lowest BCUT2D eigenvalue weighted by atomic mass is 9.96. The highest BCUT2D eigenvalue weighted by Crippen LogP contribution is 2.44. The third-order valence-corrected chi connectivity index (χ3v) is 6.63. The number of anilines is 2. The molecule has 0 unspecified atom stereocenters. The lowest BCUT2D eigenvalue weighted by Crippen LogP contribution is -2.32. The molecule has 0 aliphatic carbocycles. The summed E-state index contributed by atoms with van der Waals surface area (Å²) >= 11 is 6.14. The van der Waals surface area contributed by atoms with Crippen molar-refractivity contribution < 1.29 is 23.9 Å². The average Bonchev–Trinajstić information content (AvgIpc) is 3.52. The third-order valence-electron chi connectivity index (χ3n) is 6.33. The number of nitrogens with zero attached hydrogens (tertiary/aromatic N) is 4. The van der Waals surface area contributed by atoms with Gasteiger partial charge < -0.3 is 25.4 Å². The van der Waals surface area contributed by atoms with Crippen LogP contribution in [0.1, 0.15) is 33.3 Å². The molecule has 0 saturated heterocycles. The number of rotatable bonds is 4. The van der Waals surface area contributed by atoms with Gasteiger partial charge in [-0.05, 0) is 36.4 Å². The third kappa shape index (κ3) is 3.80. The van der Waals surface area contributed by atoms with Crippen molar-refractivity contribution >= 4 is 40.7 Å². The van der Waals surface area contributed by atoms with E-state index in [0.29, 0.717) is 45.4 Å². The largest absolute Gasteiger partial charge is 0.454 e. The van der Waals surface area contributed by atoms with Crippen molar-refractivity contribution in [1.82, 2.24) is 14.8 Å². The van der Waals surface area contributed by atoms with Crippen LogP contribution in [0.15, 0.2) is 54.9 Å². The lowest BCUT2D eigenvalue weighted by molar-refractivity contribution is -0.116. The van der Waals surface area contributed by atoms with E-state index in [0.717, 1.165) is 0 Å². The molecular formula is C26H19ClN6O5. The minimum absolute atomic E-state index is 0.0348. The van der Waals surface area contributed by atoms with Crippen molar-refractivity contribution in [3.05, 3.63) is 76.7 Å². The zero-order chi connectivity index (χ0) is 26.6. The monoisotopic (exact) mass is 530 g/mol. The van der Waals surface area contributed by atoms with Gasteiger partial charge >= 0.3 is 0 Å². The van der Waals surface area contributed by atoms with Crippen molar-refractivity contribution in [2.45, 2.75) is 13.5 Å². The molecule has 2 aromatic carbocycles. The summed E-state index contributed by atoms with van der Waals surface area (Å²) < 4.78 is 12.5. The minimum Gasteiger partial charge on any atom is -0.454 e. The van der Waals surface area contributed by atoms with E-state index in [1.165, 1.54) is 30.3 Å². The zero-order valence-electron chi connectivity index (χ0n) is 19.9. The van der Waals surface area contributed by atoms with Crippen LogP contribution in [-0.2, 0) is 11.3 Å². The van der Waals surface area contributed by atoms with Crippen molar-refractivity contribution in [3.8, 4) is 28.4 Å². The molecule has 0 bridgehead atoms. The van der Waals surface area contributed by atoms with Crippen molar-refractivity contribution in [3.63, 3.8) is 0 Å². The van der Waals surface area contributed by atoms with E-state index in [4.69, 9.17) is 26.8 Å². The van der Waals surface area contributed by atoms with Crippen LogP contribution < -0.4 is 25.4 Å². The van der Waals surface area contributed by atoms with Gasteiger partial charge in [-0.25, -0.2) is 4.68 Å². The second-order valence-electron chi connectivity index (χ2n) is 8.64. The summed E-state index contributed by atoms with van der Waals surface area (Å²) in [7, 11) is 0. The van der Waals surface area contributed by atoms with Crippen molar-refractivity contribution in [2.75, 3.05) is 17.0 Å². The van der Waals surface area contributed by atoms with Crippen LogP contribution in [0.2, 0.25) is 5.02 Å². The Morgan fingerprint density at radius 2 is 1.89 bits per heavy atom. The Bertz CT molecular complexity index is 1670. The number of carbonyl (C=O) groups is 3. The molecule has 6 rings (SSSR count). The first kappa shape index (κ1) is 23.5. The number of benzene rings is 2. The first-order valence-corrected chi connectivity index (χ1v) is 11.8. The van der Waals surface area contributed by atoms with Crippen LogP contribution >= 0.6 is 11.6 Å². The van der Waals surface area contributed by atoms with Gasteiger partial charge in [0.25, 0.3) is 11.8 Å². The zero-order valence-corrected chi connectivity index (χ0v) is 20.7. The molecule has 38 heavy (non-hydrogen) atoms. The topological polar surface area (TPSA) is 142 Å². The first-order chi connectivity index (χ1) is 18.3. The molecule has 4 aromatic rings. The number of aromatic nitrogens is 3. The summed E-state index contributed by atoms with van der Waals surface area (Å²) in [5, 5.41) is 7.57.